The Bertz CT molecular complexity index is 690. The molecule has 2 rings (SSSR count). The number of phenolic OH excluding ortho intramolecular Hbond substituents is 1. The number of hydrogen-bond donors (Lipinski definition) is 1. The average Bonchev–Trinajstić information content (AvgIpc) is 2.56. The van der Waals surface area contributed by atoms with E-state index in [4.69, 9.17) is 21.1 Å². The van der Waals surface area contributed by atoms with Crippen LogP contribution in [0.4, 0.5) is 5.69 Å². The highest BCUT2D eigenvalue weighted by Gasteiger charge is 2.33. The van der Waals surface area contributed by atoms with Gasteiger partial charge in [0.25, 0.3) is 0 Å². The normalized spacial score (nSPS) is 14.7. The lowest BCUT2D eigenvalue weighted by Crippen LogP contribution is -2.39. The molecule has 0 aromatic heterocycles. The molecule has 1 aromatic rings. The van der Waals surface area contributed by atoms with Crippen LogP contribution in [0.1, 0.15) is 0 Å². The van der Waals surface area contributed by atoms with Gasteiger partial charge >= 0.3 is 11.9 Å². The third kappa shape index (κ3) is 3.44. The number of methoxy groups -OCH3 is 2. The summed E-state index contributed by atoms with van der Waals surface area (Å²) in [5.41, 5.74) is 0.383. The number of anilines is 1. The monoisotopic (exact) mass is 405 g/mol. The van der Waals surface area contributed by atoms with Crippen molar-refractivity contribution in [1.82, 2.24) is 0 Å². The molecule has 0 saturated heterocycles. The molecular formula is C14H13BrClNO6. The molecule has 0 aliphatic carbocycles. The fourth-order valence-electron chi connectivity index (χ4n) is 2.07. The lowest BCUT2D eigenvalue weighted by Gasteiger charge is -2.32. The van der Waals surface area contributed by atoms with E-state index in [0.29, 0.717) is 10.2 Å². The highest BCUT2D eigenvalue weighted by molar-refractivity contribution is 9.10. The summed E-state index contributed by atoms with van der Waals surface area (Å²) in [6.45, 7) is -0.116. The number of carbonyl (C=O) groups is 2. The van der Waals surface area contributed by atoms with Crippen LogP contribution in [0, 0.1) is 0 Å². The molecule has 9 heteroatoms. The van der Waals surface area contributed by atoms with Crippen LogP contribution in [0.5, 0.6) is 5.75 Å². The van der Waals surface area contributed by atoms with Gasteiger partial charge < -0.3 is 24.2 Å². The molecule has 0 amide bonds. The van der Waals surface area contributed by atoms with Gasteiger partial charge in [-0.05, 0) is 22.0 Å². The second-order valence-electron chi connectivity index (χ2n) is 4.47. The zero-order valence-electron chi connectivity index (χ0n) is 12.3. The molecule has 1 aliphatic heterocycles. The van der Waals surface area contributed by atoms with Crippen molar-refractivity contribution in [3.8, 4) is 5.75 Å². The SMILES string of the molecule is COC(=O)C1=C(C(=O)OC)N(c2cc(O)c(Cl)cc2Br)COC1. The van der Waals surface area contributed by atoms with Crippen molar-refractivity contribution in [1.29, 1.82) is 0 Å². The molecule has 124 valence electrons. The van der Waals surface area contributed by atoms with E-state index in [1.54, 1.807) is 0 Å². The largest absolute Gasteiger partial charge is 0.506 e. The first-order chi connectivity index (χ1) is 10.9. The summed E-state index contributed by atoms with van der Waals surface area (Å²) in [6.07, 6.45) is 0. The molecule has 0 radical (unpaired) electrons. The number of halogens is 2. The van der Waals surface area contributed by atoms with Gasteiger partial charge in [-0.3, -0.25) is 0 Å². The first kappa shape index (κ1) is 17.6. The van der Waals surface area contributed by atoms with Gasteiger partial charge in [-0.25, -0.2) is 9.59 Å². The number of esters is 2. The van der Waals surface area contributed by atoms with Gasteiger partial charge in [0.2, 0.25) is 0 Å². The topological polar surface area (TPSA) is 85.3 Å². The van der Waals surface area contributed by atoms with Gasteiger partial charge in [0, 0.05) is 10.5 Å². The van der Waals surface area contributed by atoms with Crippen LogP contribution in [0.2, 0.25) is 5.02 Å². The van der Waals surface area contributed by atoms with E-state index >= 15 is 0 Å². The van der Waals surface area contributed by atoms with Gasteiger partial charge in [-0.2, -0.15) is 0 Å². The van der Waals surface area contributed by atoms with E-state index in [-0.39, 0.29) is 35.4 Å². The molecular weight excluding hydrogens is 394 g/mol. The minimum absolute atomic E-state index is 0.0203. The molecule has 0 fully saturated rings. The third-order valence-corrected chi connectivity index (χ3v) is 4.08. The van der Waals surface area contributed by atoms with E-state index in [1.807, 2.05) is 0 Å². The molecule has 0 spiro atoms. The van der Waals surface area contributed by atoms with Gasteiger partial charge in [0.05, 0.1) is 37.1 Å². The number of rotatable bonds is 3. The number of hydrogen-bond acceptors (Lipinski definition) is 7. The zero-order valence-corrected chi connectivity index (χ0v) is 14.6. The van der Waals surface area contributed by atoms with Gasteiger partial charge in [-0.15, -0.1) is 0 Å². The lowest BCUT2D eigenvalue weighted by atomic mass is 10.1. The Hall–Kier alpha value is -1.77. The Morgan fingerprint density at radius 1 is 1.30 bits per heavy atom. The highest BCUT2D eigenvalue weighted by atomic mass is 79.9. The Morgan fingerprint density at radius 2 is 1.96 bits per heavy atom. The molecule has 0 unspecified atom stereocenters. The third-order valence-electron chi connectivity index (χ3n) is 3.14. The van der Waals surface area contributed by atoms with Crippen molar-refractivity contribution in [3.63, 3.8) is 0 Å². The number of carbonyl (C=O) groups excluding carboxylic acids is 2. The maximum atomic E-state index is 12.2. The summed E-state index contributed by atoms with van der Waals surface area (Å²) >= 11 is 9.15. The molecule has 1 heterocycles. The average molecular weight is 407 g/mol. The minimum Gasteiger partial charge on any atom is -0.506 e. The van der Waals surface area contributed by atoms with E-state index in [2.05, 4.69) is 20.7 Å². The fraction of sp³-hybridized carbons (Fsp3) is 0.286. The number of ether oxygens (including phenoxy) is 3. The summed E-state index contributed by atoms with van der Waals surface area (Å²) in [5, 5.41) is 9.95. The van der Waals surface area contributed by atoms with Crippen molar-refractivity contribution >= 4 is 45.2 Å². The predicted molar refractivity (Wildman–Crippen MR) is 85.2 cm³/mol. The Morgan fingerprint density at radius 3 is 2.57 bits per heavy atom. The van der Waals surface area contributed by atoms with Crippen LogP contribution >= 0.6 is 27.5 Å². The maximum Gasteiger partial charge on any atom is 0.355 e. The van der Waals surface area contributed by atoms with Gasteiger partial charge in [0.1, 0.15) is 18.2 Å². The number of phenols is 1. The van der Waals surface area contributed by atoms with Gasteiger partial charge in [-0.1, -0.05) is 11.6 Å². The molecule has 1 aromatic carbocycles. The van der Waals surface area contributed by atoms with E-state index in [1.165, 1.54) is 31.3 Å². The van der Waals surface area contributed by atoms with Gasteiger partial charge in [0.15, 0.2) is 0 Å². The fourth-order valence-corrected chi connectivity index (χ4v) is 2.92. The molecule has 1 aliphatic rings. The summed E-state index contributed by atoms with van der Waals surface area (Å²) in [5.74, 6) is -1.61. The summed E-state index contributed by atoms with van der Waals surface area (Å²) in [4.78, 5) is 25.4. The number of nitrogens with zero attached hydrogens (tertiary/aromatic N) is 1. The Kier molecular flexibility index (Phi) is 5.51. The van der Waals surface area contributed by atoms with E-state index in [9.17, 15) is 14.7 Å². The van der Waals surface area contributed by atoms with Crippen LogP contribution in [0.15, 0.2) is 27.9 Å². The molecule has 1 N–H and O–H groups in total. The molecule has 0 bridgehead atoms. The quantitative estimate of drug-likeness (QED) is 0.770. The molecule has 7 nitrogen and oxygen atoms in total. The number of aromatic hydroxyl groups is 1. The highest BCUT2D eigenvalue weighted by Crippen LogP contribution is 2.38. The van der Waals surface area contributed by atoms with Crippen LogP contribution in [0.3, 0.4) is 0 Å². The van der Waals surface area contributed by atoms with Crippen molar-refractivity contribution in [2.45, 2.75) is 0 Å². The van der Waals surface area contributed by atoms with Crippen molar-refractivity contribution in [2.75, 3.05) is 32.5 Å². The molecule has 23 heavy (non-hydrogen) atoms. The Balaban J connectivity index is 2.62. The molecule has 0 saturated carbocycles. The maximum absolute atomic E-state index is 12.2. The minimum atomic E-state index is -0.727. The second kappa shape index (κ2) is 7.20. The van der Waals surface area contributed by atoms with Crippen LogP contribution in [-0.2, 0) is 23.8 Å². The van der Waals surface area contributed by atoms with E-state index < -0.39 is 11.9 Å². The zero-order chi connectivity index (χ0) is 17.1. The summed E-state index contributed by atoms with van der Waals surface area (Å²) < 4.78 is 15.3. The first-order valence-corrected chi connectivity index (χ1v) is 7.50. The standard InChI is InChI=1S/C14H13BrClNO6/c1-21-13(19)7-5-23-6-17(12(7)14(20)22-2)10-4-11(18)9(16)3-8(10)15/h3-4,18H,5-6H2,1-2H3. The van der Waals surface area contributed by atoms with E-state index in [0.717, 1.165) is 0 Å². The predicted octanol–water partition coefficient (Wildman–Crippen LogP) is 2.20. The van der Waals surface area contributed by atoms with Crippen LogP contribution in [0.25, 0.3) is 0 Å². The van der Waals surface area contributed by atoms with Crippen LogP contribution in [-0.4, -0.2) is 44.6 Å². The van der Waals surface area contributed by atoms with Crippen molar-refractivity contribution in [3.05, 3.63) is 32.9 Å². The van der Waals surface area contributed by atoms with Crippen LogP contribution < -0.4 is 4.90 Å². The van der Waals surface area contributed by atoms with Crippen molar-refractivity contribution in [2.24, 2.45) is 0 Å². The second-order valence-corrected chi connectivity index (χ2v) is 5.73. The van der Waals surface area contributed by atoms with Crippen molar-refractivity contribution < 1.29 is 28.9 Å². The Labute approximate surface area is 145 Å². The first-order valence-electron chi connectivity index (χ1n) is 6.33. The summed E-state index contributed by atoms with van der Waals surface area (Å²) in [6, 6.07) is 2.81. The number of benzene rings is 1. The lowest BCUT2D eigenvalue weighted by molar-refractivity contribution is -0.140. The molecule has 0 atom stereocenters. The smallest absolute Gasteiger partial charge is 0.355 e. The summed E-state index contributed by atoms with van der Waals surface area (Å²) in [7, 11) is 2.40.